The molecule has 0 bridgehead atoms. The first-order valence-electron chi connectivity index (χ1n) is 10.5. The minimum Gasteiger partial charge on any atom is -0.349 e. The van der Waals surface area contributed by atoms with Gasteiger partial charge in [0, 0.05) is 0 Å². The quantitative estimate of drug-likeness (QED) is 0.619. The van der Waals surface area contributed by atoms with E-state index in [-0.39, 0.29) is 12.1 Å². The Bertz CT molecular complexity index is 1060. The predicted octanol–water partition coefficient (Wildman–Crippen LogP) is 5.45. The molecular weight excluding hydrogens is 372 g/mol. The summed E-state index contributed by atoms with van der Waals surface area (Å²) in [5.41, 5.74) is 1.20. The maximum Gasteiger partial charge on any atom is 0.163 e. The average molecular weight is 401 g/mol. The van der Waals surface area contributed by atoms with Crippen LogP contribution in [-0.4, -0.2) is 18.4 Å². The van der Waals surface area contributed by atoms with Crippen LogP contribution in [0, 0.1) is 11.3 Å². The summed E-state index contributed by atoms with van der Waals surface area (Å²) >= 11 is 0. The molecule has 1 aliphatic heterocycles. The summed E-state index contributed by atoms with van der Waals surface area (Å²) in [4.78, 5) is 0. The van der Waals surface area contributed by atoms with Gasteiger partial charge in [-0.15, -0.1) is 0 Å². The van der Waals surface area contributed by atoms with Crippen molar-refractivity contribution in [1.29, 1.82) is 5.26 Å². The lowest BCUT2D eigenvalue weighted by molar-refractivity contribution is -0.286. The van der Waals surface area contributed by atoms with Crippen LogP contribution in [0.25, 0.3) is 10.8 Å². The first-order valence-corrected chi connectivity index (χ1v) is 10.5. The van der Waals surface area contributed by atoms with Crippen molar-refractivity contribution < 1.29 is 9.47 Å². The van der Waals surface area contributed by atoms with Crippen LogP contribution in [0.5, 0.6) is 0 Å². The molecule has 0 aliphatic carbocycles. The summed E-state index contributed by atoms with van der Waals surface area (Å²) in [7, 11) is 0. The van der Waals surface area contributed by atoms with Crippen molar-refractivity contribution in [3.63, 3.8) is 0 Å². The Labute approximate surface area is 178 Å². The molecule has 0 saturated carbocycles. The summed E-state index contributed by atoms with van der Waals surface area (Å²) in [5.74, 6) is -0.677. The van der Waals surface area contributed by atoms with Gasteiger partial charge in [-0.1, -0.05) is 73.7 Å². The van der Waals surface area contributed by atoms with Crippen molar-refractivity contribution in [2.75, 3.05) is 6.61 Å². The monoisotopic (exact) mass is 400 g/mol. The number of ether oxygens (including phenoxy) is 2. The Morgan fingerprint density at radius 2 is 1.73 bits per heavy atom. The number of fused-ring (bicyclic) bond motifs is 1. The zero-order chi connectivity index (χ0) is 21.2. The Morgan fingerprint density at radius 1 is 1.03 bits per heavy atom. The second-order valence-corrected chi connectivity index (χ2v) is 8.34. The highest BCUT2D eigenvalue weighted by Gasteiger charge is 2.42. The van der Waals surface area contributed by atoms with E-state index in [1.54, 1.807) is 0 Å². The molecule has 0 aromatic heterocycles. The third-order valence-electron chi connectivity index (χ3n) is 5.91. The molecule has 4 heteroatoms. The van der Waals surface area contributed by atoms with Crippen molar-refractivity contribution in [3.05, 3.63) is 83.9 Å². The van der Waals surface area contributed by atoms with E-state index in [0.29, 0.717) is 13.0 Å². The lowest BCUT2D eigenvalue weighted by Gasteiger charge is -2.44. The summed E-state index contributed by atoms with van der Waals surface area (Å²) in [6.45, 7) is 6.36. The van der Waals surface area contributed by atoms with E-state index in [4.69, 9.17) is 9.47 Å². The summed E-state index contributed by atoms with van der Waals surface area (Å²) in [6, 6.07) is 27.0. The molecule has 1 saturated heterocycles. The SMILES string of the molecule is CC[C@@](C#N)(N[C@H]1COC(C)(C)O[C@H]1c1ccccc1)c1ccc2ccccc2c1. The normalized spacial score (nSPS) is 22.9. The lowest BCUT2D eigenvalue weighted by atomic mass is 9.85. The molecule has 1 aliphatic rings. The van der Waals surface area contributed by atoms with Crippen LogP contribution in [0.3, 0.4) is 0 Å². The molecule has 154 valence electrons. The van der Waals surface area contributed by atoms with E-state index >= 15 is 0 Å². The average Bonchev–Trinajstić information content (AvgIpc) is 2.78. The molecule has 4 nitrogen and oxygen atoms in total. The van der Waals surface area contributed by atoms with E-state index in [9.17, 15) is 5.26 Å². The van der Waals surface area contributed by atoms with Gasteiger partial charge in [-0.05, 0) is 48.2 Å². The van der Waals surface area contributed by atoms with Crippen LogP contribution in [0.1, 0.15) is 44.4 Å². The summed E-state index contributed by atoms with van der Waals surface area (Å²) in [5, 5.41) is 16.2. The van der Waals surface area contributed by atoms with Gasteiger partial charge in [-0.25, -0.2) is 0 Å². The largest absolute Gasteiger partial charge is 0.349 e. The molecule has 30 heavy (non-hydrogen) atoms. The summed E-state index contributed by atoms with van der Waals surface area (Å²) < 4.78 is 12.3. The van der Waals surface area contributed by atoms with Crippen molar-refractivity contribution in [2.24, 2.45) is 0 Å². The number of hydrogen-bond acceptors (Lipinski definition) is 4. The van der Waals surface area contributed by atoms with Crippen LogP contribution in [0.4, 0.5) is 0 Å². The number of hydrogen-bond donors (Lipinski definition) is 1. The molecule has 0 radical (unpaired) electrons. The molecule has 0 spiro atoms. The van der Waals surface area contributed by atoms with Gasteiger partial charge < -0.3 is 9.47 Å². The smallest absolute Gasteiger partial charge is 0.163 e. The van der Waals surface area contributed by atoms with Crippen LogP contribution in [-0.2, 0) is 15.0 Å². The number of benzene rings is 3. The maximum absolute atomic E-state index is 10.3. The first-order chi connectivity index (χ1) is 14.5. The zero-order valence-electron chi connectivity index (χ0n) is 17.8. The third-order valence-corrected chi connectivity index (χ3v) is 5.91. The van der Waals surface area contributed by atoms with Crippen LogP contribution >= 0.6 is 0 Å². The molecule has 1 N–H and O–H groups in total. The lowest BCUT2D eigenvalue weighted by Crippen LogP contribution is -2.56. The topological polar surface area (TPSA) is 54.3 Å². The van der Waals surface area contributed by atoms with E-state index < -0.39 is 11.3 Å². The molecule has 1 fully saturated rings. The highest BCUT2D eigenvalue weighted by atomic mass is 16.7. The van der Waals surface area contributed by atoms with Gasteiger partial charge in [-0.3, -0.25) is 5.32 Å². The molecule has 1 heterocycles. The van der Waals surface area contributed by atoms with Gasteiger partial charge in [0.25, 0.3) is 0 Å². The number of nitrogens with one attached hydrogen (secondary N) is 1. The molecule has 4 rings (SSSR count). The minimum atomic E-state index is -0.837. The van der Waals surface area contributed by atoms with Gasteiger partial charge in [0.05, 0.1) is 18.7 Å². The van der Waals surface area contributed by atoms with Gasteiger partial charge in [0.1, 0.15) is 11.6 Å². The first kappa shape index (κ1) is 20.6. The molecular formula is C26H28N2O2. The number of rotatable bonds is 5. The number of nitriles is 1. The molecule has 3 aromatic carbocycles. The van der Waals surface area contributed by atoms with Gasteiger partial charge in [0.15, 0.2) is 5.79 Å². The molecule has 3 atom stereocenters. The zero-order valence-corrected chi connectivity index (χ0v) is 17.8. The van der Waals surface area contributed by atoms with E-state index in [2.05, 4.69) is 47.8 Å². The maximum atomic E-state index is 10.3. The molecule has 0 amide bonds. The molecule has 0 unspecified atom stereocenters. The fourth-order valence-electron chi connectivity index (χ4n) is 4.20. The second kappa shape index (κ2) is 8.20. The van der Waals surface area contributed by atoms with Crippen molar-refractivity contribution in [1.82, 2.24) is 5.32 Å². The minimum absolute atomic E-state index is 0.161. The Hall–Kier alpha value is -2.71. The third kappa shape index (κ3) is 3.97. The van der Waals surface area contributed by atoms with E-state index in [0.717, 1.165) is 21.9 Å². The van der Waals surface area contributed by atoms with Crippen LogP contribution in [0.2, 0.25) is 0 Å². The fraction of sp³-hybridized carbons (Fsp3) is 0.346. The number of nitrogens with zero attached hydrogens (tertiary/aromatic N) is 1. The van der Waals surface area contributed by atoms with Crippen molar-refractivity contribution >= 4 is 10.8 Å². The van der Waals surface area contributed by atoms with Gasteiger partial charge >= 0.3 is 0 Å². The highest BCUT2D eigenvalue weighted by molar-refractivity contribution is 5.83. The van der Waals surface area contributed by atoms with Gasteiger partial charge in [0.2, 0.25) is 0 Å². The Balaban J connectivity index is 1.71. The van der Waals surface area contributed by atoms with Crippen molar-refractivity contribution in [2.45, 2.75) is 50.7 Å². The second-order valence-electron chi connectivity index (χ2n) is 8.34. The van der Waals surface area contributed by atoms with E-state index in [1.165, 1.54) is 0 Å². The Kier molecular flexibility index (Phi) is 5.62. The van der Waals surface area contributed by atoms with Crippen LogP contribution < -0.4 is 5.32 Å². The standard InChI is InChI=1S/C26H28N2O2/c1-4-26(18-27,22-15-14-19-10-8-9-13-21(19)16-22)28-23-17-29-25(2,3)30-24(23)20-11-6-5-7-12-20/h5-16,23-24,28H,4,17H2,1-3H3/t23-,24-,26-/m0/s1. The van der Waals surface area contributed by atoms with Gasteiger partial charge in [-0.2, -0.15) is 5.26 Å². The predicted molar refractivity (Wildman–Crippen MR) is 119 cm³/mol. The van der Waals surface area contributed by atoms with Crippen LogP contribution in [0.15, 0.2) is 72.8 Å². The Morgan fingerprint density at radius 3 is 2.43 bits per heavy atom. The molecule has 3 aromatic rings. The van der Waals surface area contributed by atoms with E-state index in [1.807, 2.05) is 57.2 Å². The summed E-state index contributed by atoms with van der Waals surface area (Å²) in [6.07, 6.45) is 0.415. The highest BCUT2D eigenvalue weighted by Crippen LogP contribution is 2.36. The van der Waals surface area contributed by atoms with Crippen molar-refractivity contribution in [3.8, 4) is 6.07 Å². The fourth-order valence-corrected chi connectivity index (χ4v) is 4.20.